The van der Waals surface area contributed by atoms with Gasteiger partial charge in [0, 0.05) is 45.9 Å². The minimum atomic E-state index is 0.453. The summed E-state index contributed by atoms with van der Waals surface area (Å²) in [7, 11) is 1.00. The molecular formula is C29H38N4O2. The van der Waals surface area contributed by atoms with E-state index in [-0.39, 0.29) is 0 Å². The monoisotopic (exact) mass is 474 g/mol. The molecule has 0 unspecified atom stereocenters. The van der Waals surface area contributed by atoms with Crippen LogP contribution in [0.4, 0.5) is 5.69 Å². The van der Waals surface area contributed by atoms with Gasteiger partial charge in [0.15, 0.2) is 6.29 Å². The van der Waals surface area contributed by atoms with Gasteiger partial charge in [-0.05, 0) is 74.1 Å². The SMILES string of the molecule is CC.CC.CC(=N)c1cc(-c2nc3ccc4[nH]c(C=O)cc4c3c3c2CCCC3)ccc1N.CO. The molecule has 2 aromatic carbocycles. The first kappa shape index (κ1) is 27.7. The molecule has 0 atom stereocenters. The number of aryl methyl sites for hydroxylation is 1. The van der Waals surface area contributed by atoms with Crippen LogP contribution >= 0.6 is 0 Å². The number of aldehydes is 1. The van der Waals surface area contributed by atoms with Crippen molar-refractivity contribution in [3.8, 4) is 11.3 Å². The van der Waals surface area contributed by atoms with Gasteiger partial charge >= 0.3 is 0 Å². The lowest BCUT2D eigenvalue weighted by molar-refractivity contribution is 0.112. The molecule has 35 heavy (non-hydrogen) atoms. The van der Waals surface area contributed by atoms with Crippen molar-refractivity contribution in [1.29, 1.82) is 5.41 Å². The van der Waals surface area contributed by atoms with E-state index in [2.05, 4.69) is 4.98 Å². The minimum Gasteiger partial charge on any atom is -0.400 e. The fraction of sp³-hybridized carbons (Fsp3) is 0.345. The number of carbonyl (C=O) groups excluding carboxylic acids is 1. The molecule has 6 nitrogen and oxygen atoms in total. The molecule has 5 N–H and O–H groups in total. The Hall–Kier alpha value is -3.51. The van der Waals surface area contributed by atoms with Crippen molar-refractivity contribution in [1.82, 2.24) is 9.97 Å². The van der Waals surface area contributed by atoms with Crippen molar-refractivity contribution >= 4 is 39.5 Å². The second-order valence-electron chi connectivity index (χ2n) is 7.82. The first-order valence-electron chi connectivity index (χ1n) is 12.4. The number of aromatic amines is 1. The number of anilines is 1. The fourth-order valence-electron chi connectivity index (χ4n) is 4.59. The number of nitrogens with zero attached hydrogens (tertiary/aromatic N) is 1. The van der Waals surface area contributed by atoms with E-state index < -0.39 is 0 Å². The van der Waals surface area contributed by atoms with Crippen LogP contribution in [-0.4, -0.2) is 34.2 Å². The third-order valence-electron chi connectivity index (χ3n) is 5.95. The van der Waals surface area contributed by atoms with Gasteiger partial charge in [-0.1, -0.05) is 33.8 Å². The number of benzene rings is 2. The lowest BCUT2D eigenvalue weighted by Gasteiger charge is -2.22. The van der Waals surface area contributed by atoms with Gasteiger partial charge in [-0.3, -0.25) is 4.79 Å². The highest BCUT2D eigenvalue weighted by Gasteiger charge is 2.21. The highest BCUT2D eigenvalue weighted by molar-refractivity contribution is 6.10. The lowest BCUT2D eigenvalue weighted by Crippen LogP contribution is -2.08. The van der Waals surface area contributed by atoms with Gasteiger partial charge in [0.05, 0.1) is 16.9 Å². The molecule has 0 saturated carbocycles. The largest absolute Gasteiger partial charge is 0.400 e. The molecule has 0 fully saturated rings. The van der Waals surface area contributed by atoms with E-state index in [1.807, 2.05) is 64.1 Å². The first-order valence-corrected chi connectivity index (χ1v) is 12.4. The van der Waals surface area contributed by atoms with E-state index in [1.165, 1.54) is 11.1 Å². The maximum Gasteiger partial charge on any atom is 0.166 e. The fourth-order valence-corrected chi connectivity index (χ4v) is 4.59. The van der Waals surface area contributed by atoms with E-state index in [0.29, 0.717) is 17.1 Å². The van der Waals surface area contributed by atoms with E-state index in [4.69, 9.17) is 21.2 Å². The number of hydrogen-bond acceptors (Lipinski definition) is 5. The zero-order valence-corrected chi connectivity index (χ0v) is 21.7. The van der Waals surface area contributed by atoms with Crippen LogP contribution in [0.3, 0.4) is 0 Å². The number of nitrogen functional groups attached to an aromatic ring is 1. The van der Waals surface area contributed by atoms with Crippen molar-refractivity contribution in [2.45, 2.75) is 60.3 Å². The van der Waals surface area contributed by atoms with Gasteiger partial charge in [0.25, 0.3) is 0 Å². The summed E-state index contributed by atoms with van der Waals surface area (Å²) < 4.78 is 0. The summed E-state index contributed by atoms with van der Waals surface area (Å²) in [4.78, 5) is 19.5. The first-order chi connectivity index (χ1) is 17.1. The number of nitrogens with two attached hydrogens (primary N) is 1. The highest BCUT2D eigenvalue weighted by atomic mass is 16.2. The van der Waals surface area contributed by atoms with Crippen LogP contribution in [0.25, 0.3) is 33.1 Å². The van der Waals surface area contributed by atoms with Crippen molar-refractivity contribution < 1.29 is 9.90 Å². The van der Waals surface area contributed by atoms with E-state index >= 15 is 0 Å². The zero-order valence-electron chi connectivity index (χ0n) is 21.7. The molecule has 6 heteroatoms. The molecule has 0 aliphatic heterocycles. The Labute approximate surface area is 208 Å². The molecule has 1 aliphatic rings. The molecular weight excluding hydrogens is 436 g/mol. The maximum atomic E-state index is 11.3. The summed E-state index contributed by atoms with van der Waals surface area (Å²) in [5, 5.41) is 17.3. The average molecular weight is 475 g/mol. The number of aromatic nitrogens is 2. The Morgan fingerprint density at radius 2 is 1.69 bits per heavy atom. The number of pyridine rings is 1. The molecule has 0 amide bonds. The molecule has 2 heterocycles. The summed E-state index contributed by atoms with van der Waals surface area (Å²) in [6.07, 6.45) is 5.14. The van der Waals surface area contributed by atoms with Gasteiger partial charge in [0.2, 0.25) is 0 Å². The van der Waals surface area contributed by atoms with E-state index in [0.717, 1.165) is 77.7 Å². The predicted octanol–water partition coefficient (Wildman–Crippen LogP) is 6.71. The van der Waals surface area contributed by atoms with Crippen molar-refractivity contribution in [2.24, 2.45) is 0 Å². The van der Waals surface area contributed by atoms with Crippen LogP contribution in [0, 0.1) is 5.41 Å². The van der Waals surface area contributed by atoms with Crippen molar-refractivity contribution in [2.75, 3.05) is 12.8 Å². The molecule has 4 aromatic rings. The number of H-pyrrole nitrogens is 1. The van der Waals surface area contributed by atoms with Crippen molar-refractivity contribution in [3.63, 3.8) is 0 Å². The third kappa shape index (κ3) is 5.43. The van der Waals surface area contributed by atoms with Crippen LogP contribution in [0.2, 0.25) is 0 Å². The summed E-state index contributed by atoms with van der Waals surface area (Å²) in [6, 6.07) is 11.8. The van der Waals surface area contributed by atoms with Gasteiger partial charge < -0.3 is 21.2 Å². The molecule has 0 saturated heterocycles. The molecule has 5 rings (SSSR count). The Morgan fingerprint density at radius 1 is 1.03 bits per heavy atom. The number of aliphatic hydroxyl groups is 1. The van der Waals surface area contributed by atoms with Gasteiger partial charge in [-0.25, -0.2) is 4.98 Å². The van der Waals surface area contributed by atoms with Crippen molar-refractivity contribution in [3.05, 3.63) is 58.8 Å². The molecule has 1 aliphatic carbocycles. The Balaban J connectivity index is 0.000000671. The summed E-state index contributed by atoms with van der Waals surface area (Å²) in [5.41, 5.74) is 15.0. The van der Waals surface area contributed by atoms with Gasteiger partial charge in [0.1, 0.15) is 0 Å². The van der Waals surface area contributed by atoms with Gasteiger partial charge in [-0.2, -0.15) is 0 Å². The Bertz CT molecular complexity index is 1320. The summed E-state index contributed by atoms with van der Waals surface area (Å²) >= 11 is 0. The predicted molar refractivity (Wildman–Crippen MR) is 149 cm³/mol. The Kier molecular flexibility index (Phi) is 10.2. The lowest BCUT2D eigenvalue weighted by atomic mass is 9.85. The molecule has 0 radical (unpaired) electrons. The van der Waals surface area contributed by atoms with E-state index in [9.17, 15) is 4.79 Å². The number of aliphatic hydroxyl groups excluding tert-OH is 1. The minimum absolute atomic E-state index is 0.453. The summed E-state index contributed by atoms with van der Waals surface area (Å²) in [6.45, 7) is 9.76. The average Bonchev–Trinajstić information content (AvgIpc) is 3.35. The molecule has 2 aromatic heterocycles. The number of nitrogens with one attached hydrogen (secondary N) is 2. The second kappa shape index (κ2) is 12.8. The smallest absolute Gasteiger partial charge is 0.166 e. The zero-order chi connectivity index (χ0) is 26.1. The highest BCUT2D eigenvalue weighted by Crippen LogP contribution is 2.38. The quantitative estimate of drug-likeness (QED) is 0.150. The second-order valence-corrected chi connectivity index (χ2v) is 7.82. The summed E-state index contributed by atoms with van der Waals surface area (Å²) in [5.74, 6) is 0. The number of rotatable bonds is 3. The van der Waals surface area contributed by atoms with E-state index in [1.54, 1.807) is 6.92 Å². The van der Waals surface area contributed by atoms with Crippen LogP contribution in [-0.2, 0) is 12.8 Å². The number of carbonyl (C=O) groups is 1. The van der Waals surface area contributed by atoms with Gasteiger partial charge in [-0.15, -0.1) is 0 Å². The van der Waals surface area contributed by atoms with Crippen LogP contribution in [0.15, 0.2) is 36.4 Å². The standard InChI is InChI=1S/C24H22N4O.2C2H6.CH4O/c1-13(25)18-10-14(6-7-20(18)26)24-17-5-3-2-4-16(17)23-19-11-15(12-29)27-21(19)8-9-22(23)28-24;3*1-2/h6-12,25,27H,2-5,26H2,1H3;2*1-2H3;2H,1H3. The van der Waals surface area contributed by atoms with Crippen LogP contribution in [0.1, 0.15) is 74.6 Å². The van der Waals surface area contributed by atoms with Crippen LogP contribution in [0.5, 0.6) is 0 Å². The molecule has 0 bridgehead atoms. The maximum absolute atomic E-state index is 11.3. The number of hydrogen-bond donors (Lipinski definition) is 4. The topological polar surface area (TPSA) is 116 Å². The van der Waals surface area contributed by atoms with Crippen LogP contribution < -0.4 is 5.73 Å². The molecule has 186 valence electrons. The third-order valence-corrected chi connectivity index (χ3v) is 5.95. The Morgan fingerprint density at radius 3 is 2.31 bits per heavy atom. The molecule has 0 spiro atoms. The normalized spacial score (nSPS) is 11.7. The number of fused-ring (bicyclic) bond motifs is 5.